The van der Waals surface area contributed by atoms with Crippen molar-refractivity contribution in [2.75, 3.05) is 0 Å². The fraction of sp³-hybridized carbons (Fsp3) is 0. The molecule has 9 rings (SSSR count). The fourth-order valence-electron chi connectivity index (χ4n) is 6.72. The van der Waals surface area contributed by atoms with E-state index in [9.17, 15) is 0 Å². The Morgan fingerprint density at radius 3 is 1.80 bits per heavy atom. The average Bonchev–Trinajstić information content (AvgIpc) is 3.67. The van der Waals surface area contributed by atoms with Gasteiger partial charge in [-0.05, 0) is 81.4 Å². The number of aromatic nitrogens is 1. The first-order chi connectivity index (χ1) is 21.8. The van der Waals surface area contributed by atoms with Gasteiger partial charge in [0.15, 0.2) is 0 Å². The van der Waals surface area contributed by atoms with Crippen molar-refractivity contribution in [3.8, 4) is 44.5 Å². The Morgan fingerprint density at radius 2 is 0.977 bits per heavy atom. The van der Waals surface area contributed by atoms with Crippen molar-refractivity contribution in [3.05, 3.63) is 158 Å². The Balaban J connectivity index is 1.21. The van der Waals surface area contributed by atoms with Gasteiger partial charge in [0.05, 0.1) is 5.52 Å². The standard InChI is InChI=1S/C42H27NS/c1-2-11-27(12-3-1)32-25-36(42-37(26-32)34-17-4-6-20-38(34)43-42)31-16-9-14-29(24-31)28-13-8-15-30(23-28)33-19-10-22-40-41(33)35-18-5-7-21-39(35)44-40/h1-26,43H. The summed E-state index contributed by atoms with van der Waals surface area (Å²) >= 11 is 1.87. The number of rotatable bonds is 4. The van der Waals surface area contributed by atoms with Gasteiger partial charge in [-0.15, -0.1) is 11.3 Å². The van der Waals surface area contributed by atoms with Gasteiger partial charge >= 0.3 is 0 Å². The molecule has 0 atom stereocenters. The van der Waals surface area contributed by atoms with Gasteiger partial charge in [0.1, 0.15) is 0 Å². The van der Waals surface area contributed by atoms with E-state index in [1.165, 1.54) is 81.0 Å². The molecule has 44 heavy (non-hydrogen) atoms. The topological polar surface area (TPSA) is 15.8 Å². The second-order valence-corrected chi connectivity index (χ2v) is 12.5. The van der Waals surface area contributed by atoms with Gasteiger partial charge in [0.2, 0.25) is 0 Å². The van der Waals surface area contributed by atoms with Gasteiger partial charge < -0.3 is 4.98 Å². The molecule has 2 heteroatoms. The maximum Gasteiger partial charge on any atom is 0.0544 e. The molecule has 1 nitrogen and oxygen atoms in total. The van der Waals surface area contributed by atoms with Crippen LogP contribution in [0.2, 0.25) is 0 Å². The van der Waals surface area contributed by atoms with E-state index in [0.717, 1.165) is 5.52 Å². The van der Waals surface area contributed by atoms with Crippen molar-refractivity contribution in [2.24, 2.45) is 0 Å². The molecule has 0 bridgehead atoms. The van der Waals surface area contributed by atoms with Crippen LogP contribution in [-0.4, -0.2) is 4.98 Å². The van der Waals surface area contributed by atoms with Gasteiger partial charge in [0, 0.05) is 42.0 Å². The number of hydrogen-bond acceptors (Lipinski definition) is 1. The van der Waals surface area contributed by atoms with Crippen LogP contribution in [0.4, 0.5) is 0 Å². The zero-order valence-corrected chi connectivity index (χ0v) is 24.7. The maximum absolute atomic E-state index is 3.74. The molecule has 0 radical (unpaired) electrons. The molecule has 206 valence electrons. The van der Waals surface area contributed by atoms with Gasteiger partial charge in [-0.1, -0.05) is 115 Å². The Labute approximate surface area is 259 Å². The van der Waals surface area contributed by atoms with Crippen LogP contribution in [0.15, 0.2) is 158 Å². The molecule has 0 spiro atoms. The lowest BCUT2D eigenvalue weighted by atomic mass is 9.92. The first kappa shape index (κ1) is 25.1. The van der Waals surface area contributed by atoms with Crippen LogP contribution in [0, 0.1) is 0 Å². The zero-order chi connectivity index (χ0) is 29.0. The molecule has 0 amide bonds. The first-order valence-corrected chi connectivity index (χ1v) is 15.8. The molecule has 0 aliphatic heterocycles. The Bertz CT molecular complexity index is 2500. The zero-order valence-electron chi connectivity index (χ0n) is 23.9. The second kappa shape index (κ2) is 10.1. The number of benzene rings is 7. The summed E-state index contributed by atoms with van der Waals surface area (Å²) in [6.45, 7) is 0. The lowest BCUT2D eigenvalue weighted by Gasteiger charge is -2.12. The summed E-state index contributed by atoms with van der Waals surface area (Å²) in [5, 5.41) is 5.18. The number of fused-ring (bicyclic) bond motifs is 6. The summed E-state index contributed by atoms with van der Waals surface area (Å²) in [5.74, 6) is 0. The normalized spacial score (nSPS) is 11.6. The monoisotopic (exact) mass is 577 g/mol. The van der Waals surface area contributed by atoms with E-state index in [4.69, 9.17) is 0 Å². The predicted octanol–water partition coefficient (Wildman–Crippen LogP) is 12.4. The minimum atomic E-state index is 1.16. The van der Waals surface area contributed by atoms with Crippen LogP contribution >= 0.6 is 11.3 Å². The van der Waals surface area contributed by atoms with Gasteiger partial charge in [0.25, 0.3) is 0 Å². The predicted molar refractivity (Wildman–Crippen MR) is 190 cm³/mol. The molecule has 0 fully saturated rings. The number of thiophene rings is 1. The van der Waals surface area contributed by atoms with Gasteiger partial charge in [-0.25, -0.2) is 0 Å². The Morgan fingerprint density at radius 1 is 0.364 bits per heavy atom. The average molecular weight is 578 g/mol. The number of para-hydroxylation sites is 1. The van der Waals surface area contributed by atoms with Crippen molar-refractivity contribution in [3.63, 3.8) is 0 Å². The van der Waals surface area contributed by atoms with E-state index in [2.05, 4.69) is 163 Å². The number of nitrogens with one attached hydrogen (secondary N) is 1. The van der Waals surface area contributed by atoms with Crippen LogP contribution in [0.3, 0.4) is 0 Å². The number of aromatic amines is 1. The van der Waals surface area contributed by atoms with Crippen molar-refractivity contribution in [2.45, 2.75) is 0 Å². The van der Waals surface area contributed by atoms with Crippen molar-refractivity contribution in [1.29, 1.82) is 0 Å². The second-order valence-electron chi connectivity index (χ2n) is 11.4. The van der Waals surface area contributed by atoms with E-state index in [-0.39, 0.29) is 0 Å². The molecular formula is C42H27NS. The highest BCUT2D eigenvalue weighted by atomic mass is 32.1. The summed E-state index contributed by atoms with van der Waals surface area (Å²) in [6.07, 6.45) is 0. The SMILES string of the molecule is c1ccc(-c2cc(-c3cccc(-c4cccc(-c5cccc6sc7ccccc7c56)c4)c3)c3[nH]c4ccccc4c3c2)cc1. The molecule has 1 N–H and O–H groups in total. The number of hydrogen-bond donors (Lipinski definition) is 1. The van der Waals surface area contributed by atoms with E-state index >= 15 is 0 Å². The molecule has 0 unspecified atom stereocenters. The van der Waals surface area contributed by atoms with Crippen molar-refractivity contribution >= 4 is 53.3 Å². The van der Waals surface area contributed by atoms with Crippen molar-refractivity contribution < 1.29 is 0 Å². The molecule has 7 aromatic carbocycles. The molecule has 0 aliphatic rings. The highest BCUT2D eigenvalue weighted by molar-refractivity contribution is 7.25. The molecular weight excluding hydrogens is 551 g/mol. The van der Waals surface area contributed by atoms with E-state index in [1.807, 2.05) is 11.3 Å². The Hall–Kier alpha value is -5.44. The molecule has 2 heterocycles. The minimum absolute atomic E-state index is 1.16. The molecule has 0 saturated heterocycles. The number of H-pyrrole nitrogens is 1. The van der Waals surface area contributed by atoms with Crippen LogP contribution < -0.4 is 0 Å². The van der Waals surface area contributed by atoms with Crippen LogP contribution in [0.5, 0.6) is 0 Å². The van der Waals surface area contributed by atoms with E-state index < -0.39 is 0 Å². The summed E-state index contributed by atoms with van der Waals surface area (Å²) in [6, 6.07) is 57.4. The maximum atomic E-state index is 3.74. The molecule has 2 aromatic heterocycles. The lowest BCUT2D eigenvalue weighted by Crippen LogP contribution is -1.87. The lowest BCUT2D eigenvalue weighted by molar-refractivity contribution is 1.53. The van der Waals surface area contributed by atoms with Gasteiger partial charge in [-0.3, -0.25) is 0 Å². The summed E-state index contributed by atoms with van der Waals surface area (Å²) in [5.41, 5.74) is 12.1. The summed E-state index contributed by atoms with van der Waals surface area (Å²) in [7, 11) is 0. The molecule has 0 saturated carbocycles. The highest BCUT2D eigenvalue weighted by Crippen LogP contribution is 2.42. The Kier molecular flexibility index (Phi) is 5.75. The molecule has 0 aliphatic carbocycles. The van der Waals surface area contributed by atoms with Crippen LogP contribution in [0.1, 0.15) is 0 Å². The smallest absolute Gasteiger partial charge is 0.0544 e. The largest absolute Gasteiger partial charge is 0.354 e. The fourth-order valence-corrected chi connectivity index (χ4v) is 7.86. The summed E-state index contributed by atoms with van der Waals surface area (Å²) in [4.78, 5) is 3.74. The van der Waals surface area contributed by atoms with E-state index in [0.29, 0.717) is 0 Å². The third-order valence-electron chi connectivity index (χ3n) is 8.81. The van der Waals surface area contributed by atoms with E-state index in [1.54, 1.807) is 0 Å². The van der Waals surface area contributed by atoms with Crippen molar-refractivity contribution in [1.82, 2.24) is 4.98 Å². The van der Waals surface area contributed by atoms with Crippen LogP contribution in [0.25, 0.3) is 86.5 Å². The first-order valence-electron chi connectivity index (χ1n) is 15.0. The minimum Gasteiger partial charge on any atom is -0.354 e. The highest BCUT2D eigenvalue weighted by Gasteiger charge is 2.15. The quantitative estimate of drug-likeness (QED) is 0.214. The summed E-state index contributed by atoms with van der Waals surface area (Å²) < 4.78 is 2.66. The van der Waals surface area contributed by atoms with Crippen LogP contribution in [-0.2, 0) is 0 Å². The third-order valence-corrected chi connectivity index (χ3v) is 9.94. The molecule has 9 aromatic rings. The van der Waals surface area contributed by atoms with Gasteiger partial charge in [-0.2, -0.15) is 0 Å². The third kappa shape index (κ3) is 4.07.